The average Bonchev–Trinajstić information content (AvgIpc) is 2.34. The van der Waals surface area contributed by atoms with Crippen molar-refractivity contribution in [3.63, 3.8) is 0 Å². The highest BCUT2D eigenvalue weighted by molar-refractivity contribution is 5.86. The molecule has 1 rings (SSSR count). The maximum atomic E-state index is 11.0. The van der Waals surface area contributed by atoms with Crippen molar-refractivity contribution in [1.29, 1.82) is 0 Å². The van der Waals surface area contributed by atoms with Crippen LogP contribution in [0.1, 0.15) is 29.0 Å². The minimum Gasteiger partial charge on any atom is -0.464 e. The number of methoxy groups -OCH3 is 1. The molecule has 1 N–H and O–H groups in total. The molecule has 1 heterocycles. The normalized spacial score (nSPS) is 9.12. The van der Waals surface area contributed by atoms with Crippen LogP contribution in [0.5, 0.6) is 0 Å². The largest absolute Gasteiger partial charge is 0.464 e. The zero-order valence-corrected chi connectivity index (χ0v) is 8.93. The standard InChI is InChI=1S/C11H12N2O3/c1-16-11(15)10-8-12-9(7-13-10)5-3-2-4-6-14/h7-8,14H,2,4,6H2,1H3. The van der Waals surface area contributed by atoms with E-state index >= 15 is 0 Å². The molecular weight excluding hydrogens is 208 g/mol. The number of hydrogen-bond donors (Lipinski definition) is 1. The number of rotatable bonds is 3. The first-order valence-electron chi connectivity index (χ1n) is 4.78. The van der Waals surface area contributed by atoms with Gasteiger partial charge in [0.1, 0.15) is 5.69 Å². The van der Waals surface area contributed by atoms with Gasteiger partial charge in [0, 0.05) is 13.0 Å². The van der Waals surface area contributed by atoms with E-state index in [1.165, 1.54) is 19.5 Å². The summed E-state index contributed by atoms with van der Waals surface area (Å²) in [5, 5.41) is 8.54. The van der Waals surface area contributed by atoms with Gasteiger partial charge in [0.15, 0.2) is 5.69 Å². The predicted molar refractivity (Wildman–Crippen MR) is 56.6 cm³/mol. The molecule has 0 atom stereocenters. The van der Waals surface area contributed by atoms with Gasteiger partial charge in [-0.15, -0.1) is 0 Å². The van der Waals surface area contributed by atoms with Crippen LogP contribution in [0.25, 0.3) is 0 Å². The van der Waals surface area contributed by atoms with Crippen LogP contribution in [0.2, 0.25) is 0 Å². The smallest absolute Gasteiger partial charge is 0.358 e. The summed E-state index contributed by atoms with van der Waals surface area (Å²) >= 11 is 0. The first-order chi connectivity index (χ1) is 7.77. The van der Waals surface area contributed by atoms with Gasteiger partial charge >= 0.3 is 5.97 Å². The van der Waals surface area contributed by atoms with Crippen molar-refractivity contribution >= 4 is 5.97 Å². The van der Waals surface area contributed by atoms with Crippen LogP contribution >= 0.6 is 0 Å². The van der Waals surface area contributed by atoms with Crippen LogP contribution in [0.4, 0.5) is 0 Å². The number of aromatic nitrogens is 2. The van der Waals surface area contributed by atoms with Crippen LogP contribution < -0.4 is 0 Å². The third kappa shape index (κ3) is 3.67. The summed E-state index contributed by atoms with van der Waals surface area (Å²) in [6, 6.07) is 0. The van der Waals surface area contributed by atoms with E-state index in [-0.39, 0.29) is 12.3 Å². The Balaban J connectivity index is 2.63. The molecule has 0 fully saturated rings. The minimum absolute atomic E-state index is 0.127. The summed E-state index contributed by atoms with van der Waals surface area (Å²) < 4.78 is 4.48. The van der Waals surface area contributed by atoms with Crippen molar-refractivity contribution in [2.45, 2.75) is 12.8 Å². The lowest BCUT2D eigenvalue weighted by Crippen LogP contribution is -2.04. The number of aliphatic hydroxyl groups is 1. The molecule has 0 radical (unpaired) electrons. The molecule has 0 spiro atoms. The molecule has 0 aliphatic heterocycles. The van der Waals surface area contributed by atoms with Crippen LogP contribution in [0.3, 0.4) is 0 Å². The average molecular weight is 220 g/mol. The van der Waals surface area contributed by atoms with Gasteiger partial charge in [0.25, 0.3) is 0 Å². The Morgan fingerprint density at radius 1 is 1.50 bits per heavy atom. The SMILES string of the molecule is COC(=O)c1cnc(C#CCCCO)cn1. The fourth-order valence-electron chi connectivity index (χ4n) is 0.923. The lowest BCUT2D eigenvalue weighted by molar-refractivity contribution is 0.0593. The summed E-state index contributed by atoms with van der Waals surface area (Å²) in [7, 11) is 1.28. The molecule has 0 aliphatic rings. The highest BCUT2D eigenvalue weighted by Gasteiger charge is 2.05. The summed E-state index contributed by atoms with van der Waals surface area (Å²) in [4.78, 5) is 18.8. The van der Waals surface area contributed by atoms with E-state index < -0.39 is 5.97 Å². The van der Waals surface area contributed by atoms with Gasteiger partial charge in [-0.2, -0.15) is 0 Å². The fourth-order valence-corrected chi connectivity index (χ4v) is 0.923. The molecule has 0 unspecified atom stereocenters. The molecule has 0 saturated carbocycles. The molecule has 0 bridgehead atoms. The Bertz CT molecular complexity index is 403. The lowest BCUT2D eigenvalue weighted by Gasteiger charge is -1.96. The second-order valence-corrected chi connectivity index (χ2v) is 2.91. The molecule has 0 saturated heterocycles. The number of esters is 1. The first kappa shape index (κ1) is 12.1. The lowest BCUT2D eigenvalue weighted by atomic mass is 10.3. The van der Waals surface area contributed by atoms with Crippen LogP contribution in [-0.2, 0) is 4.74 Å². The number of nitrogens with zero attached hydrogens (tertiary/aromatic N) is 2. The number of carbonyl (C=O) groups excluding carboxylic acids is 1. The summed E-state index contributed by atoms with van der Waals surface area (Å²) in [6.45, 7) is 0.127. The van der Waals surface area contributed by atoms with Crippen LogP contribution in [-0.4, -0.2) is 34.8 Å². The third-order valence-electron chi connectivity index (χ3n) is 1.72. The molecular formula is C11H12N2O3. The van der Waals surface area contributed by atoms with Crippen molar-refractivity contribution < 1.29 is 14.6 Å². The third-order valence-corrected chi connectivity index (χ3v) is 1.72. The van der Waals surface area contributed by atoms with Gasteiger partial charge in [0.05, 0.1) is 19.5 Å². The number of carbonyl (C=O) groups is 1. The molecule has 1 aromatic rings. The van der Waals surface area contributed by atoms with Gasteiger partial charge in [-0.25, -0.2) is 14.8 Å². The molecule has 16 heavy (non-hydrogen) atoms. The highest BCUT2D eigenvalue weighted by Crippen LogP contribution is 1.96. The van der Waals surface area contributed by atoms with E-state index in [1.54, 1.807) is 0 Å². The first-order valence-corrected chi connectivity index (χ1v) is 4.78. The molecule has 1 aromatic heterocycles. The van der Waals surface area contributed by atoms with E-state index in [2.05, 4.69) is 26.5 Å². The van der Waals surface area contributed by atoms with E-state index in [0.29, 0.717) is 18.5 Å². The van der Waals surface area contributed by atoms with Gasteiger partial charge in [-0.3, -0.25) is 0 Å². The zero-order chi connectivity index (χ0) is 11.8. The second kappa shape index (κ2) is 6.53. The van der Waals surface area contributed by atoms with Crippen LogP contribution in [0, 0.1) is 11.8 Å². The van der Waals surface area contributed by atoms with Gasteiger partial charge in [-0.05, 0) is 12.3 Å². The van der Waals surface area contributed by atoms with Gasteiger partial charge < -0.3 is 9.84 Å². The van der Waals surface area contributed by atoms with E-state index in [0.717, 1.165) is 0 Å². The summed E-state index contributed by atoms with van der Waals surface area (Å²) in [5.74, 6) is 5.09. The number of aliphatic hydroxyl groups excluding tert-OH is 1. The Morgan fingerprint density at radius 3 is 2.88 bits per heavy atom. The highest BCUT2D eigenvalue weighted by atomic mass is 16.5. The molecule has 0 aromatic carbocycles. The van der Waals surface area contributed by atoms with Crippen molar-refractivity contribution in [2.24, 2.45) is 0 Å². The Morgan fingerprint density at radius 2 is 2.31 bits per heavy atom. The maximum Gasteiger partial charge on any atom is 0.358 e. The Labute approximate surface area is 93.5 Å². The summed E-state index contributed by atoms with van der Waals surface area (Å²) in [5.41, 5.74) is 0.647. The van der Waals surface area contributed by atoms with Crippen molar-refractivity contribution in [1.82, 2.24) is 9.97 Å². The molecule has 5 nitrogen and oxygen atoms in total. The summed E-state index contributed by atoms with van der Waals surface area (Å²) in [6.07, 6.45) is 3.98. The predicted octanol–water partition coefficient (Wildman–Crippen LogP) is 0.387. The number of ether oxygens (including phenoxy) is 1. The van der Waals surface area contributed by atoms with E-state index in [1.807, 2.05) is 0 Å². The minimum atomic E-state index is -0.521. The molecule has 84 valence electrons. The Kier molecular flexibility index (Phi) is 4.96. The second-order valence-electron chi connectivity index (χ2n) is 2.91. The molecule has 5 heteroatoms. The zero-order valence-electron chi connectivity index (χ0n) is 8.93. The Hall–Kier alpha value is -1.93. The van der Waals surface area contributed by atoms with Crippen molar-refractivity contribution in [2.75, 3.05) is 13.7 Å². The van der Waals surface area contributed by atoms with E-state index in [4.69, 9.17) is 5.11 Å². The van der Waals surface area contributed by atoms with Gasteiger partial charge in [-0.1, -0.05) is 5.92 Å². The quantitative estimate of drug-likeness (QED) is 0.453. The van der Waals surface area contributed by atoms with Crippen molar-refractivity contribution in [3.8, 4) is 11.8 Å². The van der Waals surface area contributed by atoms with E-state index in [9.17, 15) is 4.79 Å². The topological polar surface area (TPSA) is 72.3 Å². The number of hydrogen-bond acceptors (Lipinski definition) is 5. The fraction of sp³-hybridized carbons (Fsp3) is 0.364. The molecule has 0 amide bonds. The van der Waals surface area contributed by atoms with Crippen molar-refractivity contribution in [3.05, 3.63) is 23.8 Å². The number of unbranched alkanes of at least 4 members (excludes halogenated alkanes) is 1. The van der Waals surface area contributed by atoms with Gasteiger partial charge in [0.2, 0.25) is 0 Å². The molecule has 0 aliphatic carbocycles. The monoisotopic (exact) mass is 220 g/mol. The maximum absolute atomic E-state index is 11.0. The van der Waals surface area contributed by atoms with Crippen LogP contribution in [0.15, 0.2) is 12.4 Å².